The normalized spacial score (nSPS) is 22.7. The van der Waals surface area contributed by atoms with Gasteiger partial charge in [-0.1, -0.05) is 68.2 Å². The number of aliphatic hydroxyl groups is 1. The number of rotatable bonds is 15. The zero-order chi connectivity index (χ0) is 33.0. The standard InChI is InChI=1S/C32H60N6O5/c1-18(2)21-14-15-38(24(21)28(41)34-22(16-20-12-13-20)25(39)27(33)40)17-23(31(5,6)7)35-30(43)36-26(32(8,9)10)29(42)37(11)19(3)4/h18-24,26,30,35-36,43H,12-17H2,1-11H3,(H2,33,40)(H,34,41)/t21-,22?,23-,24+,26-,30?/m1/s1. The first-order valence-electron chi connectivity index (χ1n) is 16.0. The highest BCUT2D eigenvalue weighted by atomic mass is 16.3. The second-order valence-electron chi connectivity index (χ2n) is 15.6. The molecule has 0 aromatic carbocycles. The fourth-order valence-electron chi connectivity index (χ4n) is 5.85. The Bertz CT molecular complexity index is 984. The van der Waals surface area contributed by atoms with Crippen LogP contribution in [0, 0.1) is 28.6 Å². The van der Waals surface area contributed by atoms with Crippen LogP contribution in [0.4, 0.5) is 0 Å². The molecule has 1 saturated carbocycles. The van der Waals surface area contributed by atoms with Gasteiger partial charge in [-0.25, -0.2) is 0 Å². The van der Waals surface area contributed by atoms with Crippen molar-refractivity contribution in [1.29, 1.82) is 0 Å². The Morgan fingerprint density at radius 2 is 1.53 bits per heavy atom. The van der Waals surface area contributed by atoms with E-state index in [4.69, 9.17) is 5.73 Å². The molecule has 0 aromatic heterocycles. The van der Waals surface area contributed by atoms with Crippen molar-refractivity contribution >= 4 is 23.5 Å². The van der Waals surface area contributed by atoms with Crippen molar-refractivity contribution in [1.82, 2.24) is 25.8 Å². The molecule has 3 amide bonds. The van der Waals surface area contributed by atoms with Gasteiger partial charge in [0.2, 0.25) is 17.6 Å². The Kier molecular flexibility index (Phi) is 12.8. The summed E-state index contributed by atoms with van der Waals surface area (Å²) in [6.45, 7) is 21.3. The Morgan fingerprint density at radius 3 is 1.98 bits per heavy atom. The van der Waals surface area contributed by atoms with E-state index < -0.39 is 41.6 Å². The average Bonchev–Trinajstić information content (AvgIpc) is 3.59. The van der Waals surface area contributed by atoms with E-state index in [0.717, 1.165) is 19.3 Å². The molecule has 11 nitrogen and oxygen atoms in total. The third-order valence-corrected chi connectivity index (χ3v) is 9.20. The van der Waals surface area contributed by atoms with Crippen LogP contribution in [-0.2, 0) is 19.2 Å². The molecule has 1 heterocycles. The molecule has 248 valence electrons. The molecule has 6 N–H and O–H groups in total. The maximum Gasteiger partial charge on any atom is 0.287 e. The lowest BCUT2D eigenvalue weighted by Gasteiger charge is -2.41. The second kappa shape index (κ2) is 14.8. The van der Waals surface area contributed by atoms with E-state index in [9.17, 15) is 24.3 Å². The molecule has 1 saturated heterocycles. The summed E-state index contributed by atoms with van der Waals surface area (Å²) >= 11 is 0. The van der Waals surface area contributed by atoms with Crippen LogP contribution < -0.4 is 21.7 Å². The lowest BCUT2D eigenvalue weighted by Crippen LogP contribution is -2.63. The highest BCUT2D eigenvalue weighted by molar-refractivity contribution is 6.37. The summed E-state index contributed by atoms with van der Waals surface area (Å²) in [6, 6.07) is -2.29. The lowest BCUT2D eigenvalue weighted by atomic mass is 9.84. The van der Waals surface area contributed by atoms with Crippen LogP contribution in [0.1, 0.15) is 94.9 Å². The fraction of sp³-hybridized carbons (Fsp3) is 0.875. The van der Waals surface area contributed by atoms with Gasteiger partial charge in [-0.15, -0.1) is 0 Å². The number of hydrogen-bond acceptors (Lipinski definition) is 8. The number of Topliss-reactive ketones (excluding diaryl/α,β-unsaturated/α-hetero) is 1. The number of nitrogens with zero attached hydrogens (tertiary/aromatic N) is 2. The van der Waals surface area contributed by atoms with Gasteiger partial charge in [0.25, 0.3) is 5.91 Å². The van der Waals surface area contributed by atoms with Crippen LogP contribution in [0.15, 0.2) is 0 Å². The molecule has 43 heavy (non-hydrogen) atoms. The Hall–Kier alpha value is -2.08. The van der Waals surface area contributed by atoms with Crippen molar-refractivity contribution in [3.8, 4) is 0 Å². The van der Waals surface area contributed by atoms with Crippen molar-refractivity contribution in [2.75, 3.05) is 20.1 Å². The molecule has 1 aliphatic carbocycles. The number of aliphatic hydroxyl groups excluding tert-OH is 1. The van der Waals surface area contributed by atoms with Gasteiger partial charge >= 0.3 is 0 Å². The molecule has 2 rings (SSSR count). The molecule has 11 heteroatoms. The lowest BCUT2D eigenvalue weighted by molar-refractivity contribution is -0.139. The molecular weight excluding hydrogens is 548 g/mol. The van der Waals surface area contributed by atoms with Crippen LogP contribution in [0.5, 0.6) is 0 Å². The largest absolute Gasteiger partial charge is 0.365 e. The summed E-state index contributed by atoms with van der Waals surface area (Å²) < 4.78 is 0. The van der Waals surface area contributed by atoms with E-state index in [1.807, 2.05) is 34.6 Å². The quantitative estimate of drug-likeness (QED) is 0.139. The molecule has 1 aliphatic heterocycles. The minimum Gasteiger partial charge on any atom is -0.365 e. The molecule has 0 aromatic rings. The first kappa shape index (κ1) is 37.1. The van der Waals surface area contributed by atoms with E-state index in [2.05, 4.69) is 55.5 Å². The SMILES string of the molecule is CC(C)[C@H]1CCN(C[C@@H](NC(O)N[C@H](C(=O)N(C)C(C)C)C(C)(C)C)C(C)(C)C)[C@@H]1C(=O)NC(CC1CC1)C(=O)C(N)=O. The van der Waals surface area contributed by atoms with Crippen molar-refractivity contribution in [3.05, 3.63) is 0 Å². The molecule has 0 radical (unpaired) electrons. The molecule has 2 unspecified atom stereocenters. The van der Waals surface area contributed by atoms with E-state index in [-0.39, 0.29) is 41.1 Å². The first-order chi connectivity index (χ1) is 19.6. The molecule has 2 aliphatic rings. The molecular formula is C32H60N6O5. The number of ketones is 1. The Morgan fingerprint density at radius 1 is 0.953 bits per heavy atom. The van der Waals surface area contributed by atoms with Gasteiger partial charge in [-0.05, 0) is 61.8 Å². The number of likely N-dealkylation sites (tertiary alicyclic amines) is 1. The van der Waals surface area contributed by atoms with Crippen LogP contribution >= 0.6 is 0 Å². The number of carbonyl (C=O) groups is 4. The Balaban J connectivity index is 2.26. The van der Waals surface area contributed by atoms with Gasteiger partial charge < -0.3 is 21.1 Å². The summed E-state index contributed by atoms with van der Waals surface area (Å²) in [4.78, 5) is 55.3. The maximum absolute atomic E-state index is 13.8. The van der Waals surface area contributed by atoms with E-state index in [1.165, 1.54) is 0 Å². The van der Waals surface area contributed by atoms with Gasteiger partial charge in [0.15, 0.2) is 6.35 Å². The van der Waals surface area contributed by atoms with Crippen LogP contribution in [0.25, 0.3) is 0 Å². The van der Waals surface area contributed by atoms with Crippen molar-refractivity contribution in [3.63, 3.8) is 0 Å². The summed E-state index contributed by atoms with van der Waals surface area (Å²) in [5.74, 6) is -1.54. The molecule has 2 fully saturated rings. The number of carbonyl (C=O) groups excluding carboxylic acids is 4. The third-order valence-electron chi connectivity index (χ3n) is 9.20. The number of primary amides is 1. The predicted molar refractivity (Wildman–Crippen MR) is 168 cm³/mol. The predicted octanol–water partition coefficient (Wildman–Crippen LogP) is 1.82. The fourth-order valence-corrected chi connectivity index (χ4v) is 5.85. The first-order valence-corrected chi connectivity index (χ1v) is 16.0. The molecule has 6 atom stereocenters. The van der Waals surface area contributed by atoms with Crippen molar-refractivity contribution < 1.29 is 24.3 Å². The van der Waals surface area contributed by atoms with Crippen molar-refractivity contribution in [2.45, 2.75) is 131 Å². The number of likely N-dealkylation sites (N-methyl/N-ethyl adjacent to an activating group) is 1. The van der Waals surface area contributed by atoms with Gasteiger partial charge in [-0.3, -0.25) is 34.7 Å². The Labute approximate surface area is 259 Å². The molecule has 0 spiro atoms. The minimum atomic E-state index is -1.18. The van der Waals surface area contributed by atoms with E-state index in [0.29, 0.717) is 25.4 Å². The zero-order valence-electron chi connectivity index (χ0n) is 28.5. The second-order valence-corrected chi connectivity index (χ2v) is 15.6. The smallest absolute Gasteiger partial charge is 0.287 e. The van der Waals surface area contributed by atoms with Crippen molar-refractivity contribution in [2.24, 2.45) is 34.3 Å². The zero-order valence-corrected chi connectivity index (χ0v) is 28.5. The van der Waals surface area contributed by atoms with Gasteiger partial charge in [0, 0.05) is 25.7 Å². The monoisotopic (exact) mass is 608 g/mol. The average molecular weight is 609 g/mol. The van der Waals surface area contributed by atoms with Crippen LogP contribution in [0.2, 0.25) is 0 Å². The minimum absolute atomic E-state index is 0.0147. The van der Waals surface area contributed by atoms with Gasteiger partial charge in [0.05, 0.1) is 18.1 Å². The summed E-state index contributed by atoms with van der Waals surface area (Å²) in [5.41, 5.74) is 4.55. The number of hydrogen-bond donors (Lipinski definition) is 5. The number of nitrogens with one attached hydrogen (secondary N) is 3. The summed E-state index contributed by atoms with van der Waals surface area (Å²) in [7, 11) is 1.76. The molecule has 0 bridgehead atoms. The topological polar surface area (TPSA) is 157 Å². The maximum atomic E-state index is 13.8. The van der Waals surface area contributed by atoms with Gasteiger partial charge in [0.1, 0.15) is 0 Å². The highest BCUT2D eigenvalue weighted by Gasteiger charge is 2.45. The number of nitrogens with two attached hydrogens (primary N) is 1. The number of amides is 3. The van der Waals surface area contributed by atoms with Crippen LogP contribution in [-0.4, -0.2) is 95.1 Å². The highest BCUT2D eigenvalue weighted by Crippen LogP contribution is 2.35. The summed E-state index contributed by atoms with van der Waals surface area (Å²) in [6.07, 6.45) is 2.02. The third kappa shape index (κ3) is 10.5. The van der Waals surface area contributed by atoms with Gasteiger partial charge in [-0.2, -0.15) is 0 Å². The summed E-state index contributed by atoms with van der Waals surface area (Å²) in [5, 5.41) is 20.6. The van der Waals surface area contributed by atoms with E-state index in [1.54, 1.807) is 11.9 Å². The van der Waals surface area contributed by atoms with Crippen LogP contribution in [0.3, 0.4) is 0 Å². The van der Waals surface area contributed by atoms with E-state index >= 15 is 0 Å².